The Morgan fingerprint density at radius 2 is 1.70 bits per heavy atom. The number of aromatic nitrogens is 3. The Morgan fingerprint density at radius 1 is 1.03 bits per heavy atom. The molecule has 2 aromatic heterocycles. The maximum Gasteiger partial charge on any atom is 0.268 e. The number of hydrogen-bond donors (Lipinski definition) is 2. The minimum atomic E-state index is -0.222. The molecule has 0 aliphatic carbocycles. The van der Waals surface area contributed by atoms with Crippen molar-refractivity contribution in [2.75, 3.05) is 24.9 Å². The molecule has 168 valence electrons. The third kappa shape index (κ3) is 4.27. The number of nitrogens with one attached hydrogen (secondary N) is 2. The number of carbonyl (C=O) groups is 1. The summed E-state index contributed by atoms with van der Waals surface area (Å²) in [6.07, 6.45) is 0.757. The molecule has 0 spiro atoms. The van der Waals surface area contributed by atoms with Crippen LogP contribution in [0.5, 0.6) is 11.5 Å². The van der Waals surface area contributed by atoms with Crippen LogP contribution in [0.4, 0.5) is 11.9 Å². The van der Waals surface area contributed by atoms with Crippen molar-refractivity contribution in [3.8, 4) is 11.5 Å². The van der Waals surface area contributed by atoms with E-state index in [9.17, 15) is 4.79 Å². The van der Waals surface area contributed by atoms with Gasteiger partial charge in [-0.05, 0) is 53.3 Å². The molecule has 3 heterocycles. The molecule has 2 N–H and O–H groups in total. The summed E-state index contributed by atoms with van der Waals surface area (Å²) >= 11 is 1.37. The highest BCUT2D eigenvalue weighted by Crippen LogP contribution is 2.39. The van der Waals surface area contributed by atoms with Crippen LogP contribution in [0.25, 0.3) is 0 Å². The first-order valence-electron chi connectivity index (χ1n) is 10.5. The van der Waals surface area contributed by atoms with Crippen LogP contribution in [-0.4, -0.2) is 34.9 Å². The Bertz CT molecular complexity index is 1240. The molecule has 0 fully saturated rings. The highest BCUT2D eigenvalue weighted by molar-refractivity contribution is 7.12. The Morgan fingerprint density at radius 3 is 2.30 bits per heavy atom. The van der Waals surface area contributed by atoms with Gasteiger partial charge in [0.1, 0.15) is 11.5 Å². The lowest BCUT2D eigenvalue weighted by Crippen LogP contribution is -2.28. The number of nitrogens with zero attached hydrogens (tertiary/aromatic N) is 3. The lowest BCUT2D eigenvalue weighted by Gasteiger charge is -2.31. The lowest BCUT2D eigenvalue weighted by molar-refractivity contribution is 0.102. The van der Waals surface area contributed by atoms with Gasteiger partial charge in [-0.1, -0.05) is 30.3 Å². The van der Waals surface area contributed by atoms with Crippen molar-refractivity contribution in [3.05, 3.63) is 82.0 Å². The van der Waals surface area contributed by atoms with Crippen LogP contribution < -0.4 is 20.1 Å². The van der Waals surface area contributed by atoms with Crippen LogP contribution in [0, 0.1) is 0 Å². The predicted molar refractivity (Wildman–Crippen MR) is 127 cm³/mol. The Hall–Kier alpha value is -3.85. The van der Waals surface area contributed by atoms with Gasteiger partial charge < -0.3 is 14.8 Å². The topological polar surface area (TPSA) is 90.3 Å². The van der Waals surface area contributed by atoms with E-state index in [1.165, 1.54) is 11.3 Å². The summed E-state index contributed by atoms with van der Waals surface area (Å²) in [6.45, 7) is 0. The smallest absolute Gasteiger partial charge is 0.268 e. The van der Waals surface area contributed by atoms with Crippen molar-refractivity contribution in [2.24, 2.45) is 0 Å². The van der Waals surface area contributed by atoms with Crippen molar-refractivity contribution in [1.82, 2.24) is 14.8 Å². The first-order chi connectivity index (χ1) is 16.1. The maximum absolute atomic E-state index is 12.5. The quantitative estimate of drug-likeness (QED) is 0.430. The van der Waals surface area contributed by atoms with Gasteiger partial charge in [0, 0.05) is 0 Å². The van der Waals surface area contributed by atoms with Crippen molar-refractivity contribution in [2.45, 2.75) is 18.5 Å². The van der Waals surface area contributed by atoms with Crippen LogP contribution in [-0.2, 0) is 0 Å². The summed E-state index contributed by atoms with van der Waals surface area (Å²) < 4.78 is 12.5. The first kappa shape index (κ1) is 21.0. The molecule has 33 heavy (non-hydrogen) atoms. The zero-order chi connectivity index (χ0) is 22.8. The van der Waals surface area contributed by atoms with Crippen LogP contribution >= 0.6 is 11.3 Å². The second-order valence-electron chi connectivity index (χ2n) is 7.63. The van der Waals surface area contributed by atoms with Gasteiger partial charge in [-0.15, -0.1) is 16.4 Å². The molecule has 2 aromatic carbocycles. The molecule has 5 rings (SSSR count). The zero-order valence-corrected chi connectivity index (χ0v) is 19.0. The van der Waals surface area contributed by atoms with E-state index >= 15 is 0 Å². The standard InChI is InChI=1S/C24H23N5O3S/c1-31-17-9-5-15(6-10-17)19-14-20(16-7-11-18(32-2)12-8-16)29-24(25-19)27-23(28-29)26-22(30)21-4-3-13-33-21/h3-13,19-20H,14H2,1-2H3,(H2,25,26,27,28,30)/t19-,20-/m0/s1. The molecule has 2 atom stereocenters. The van der Waals surface area contributed by atoms with E-state index in [4.69, 9.17) is 9.47 Å². The summed E-state index contributed by atoms with van der Waals surface area (Å²) in [7, 11) is 3.30. The molecule has 8 nitrogen and oxygen atoms in total. The summed E-state index contributed by atoms with van der Waals surface area (Å²) in [5.74, 6) is 2.25. The van der Waals surface area contributed by atoms with Gasteiger partial charge in [-0.25, -0.2) is 4.68 Å². The summed E-state index contributed by atoms with van der Waals surface area (Å²) in [5.41, 5.74) is 2.20. The van der Waals surface area contributed by atoms with Gasteiger partial charge in [0.15, 0.2) is 0 Å². The predicted octanol–water partition coefficient (Wildman–Crippen LogP) is 4.76. The Labute approximate surface area is 195 Å². The van der Waals surface area contributed by atoms with Crippen molar-refractivity contribution >= 4 is 29.1 Å². The molecule has 0 saturated carbocycles. The first-order valence-corrected chi connectivity index (χ1v) is 11.4. The van der Waals surface area contributed by atoms with Crippen LogP contribution in [0.15, 0.2) is 66.0 Å². The molecule has 9 heteroatoms. The number of hydrogen-bond acceptors (Lipinski definition) is 7. The normalized spacial score (nSPS) is 17.0. The number of methoxy groups -OCH3 is 2. The fraction of sp³-hybridized carbons (Fsp3) is 0.208. The minimum Gasteiger partial charge on any atom is -0.497 e. The minimum absolute atomic E-state index is 0.0144. The number of anilines is 2. The van der Waals surface area contributed by atoms with E-state index in [1.807, 2.05) is 64.7 Å². The second-order valence-corrected chi connectivity index (χ2v) is 8.58. The largest absolute Gasteiger partial charge is 0.497 e. The molecule has 1 aliphatic heterocycles. The van der Waals surface area contributed by atoms with Crippen LogP contribution in [0.3, 0.4) is 0 Å². The third-order valence-electron chi connectivity index (χ3n) is 5.68. The molecule has 4 aromatic rings. The summed E-state index contributed by atoms with van der Waals surface area (Å²) in [5, 5.41) is 12.8. The Kier molecular flexibility index (Phi) is 5.70. The molecular formula is C24H23N5O3S. The number of ether oxygens (including phenoxy) is 2. The Balaban J connectivity index is 1.48. The van der Waals surface area contributed by atoms with Crippen LogP contribution in [0.1, 0.15) is 39.3 Å². The van der Waals surface area contributed by atoms with E-state index in [1.54, 1.807) is 20.3 Å². The van der Waals surface area contributed by atoms with Gasteiger partial charge in [-0.3, -0.25) is 10.1 Å². The van der Waals surface area contributed by atoms with Gasteiger partial charge >= 0.3 is 0 Å². The fourth-order valence-electron chi connectivity index (χ4n) is 3.96. The summed E-state index contributed by atoms with van der Waals surface area (Å²) in [6, 6.07) is 19.5. The molecular weight excluding hydrogens is 438 g/mol. The highest BCUT2D eigenvalue weighted by atomic mass is 32.1. The number of benzene rings is 2. The van der Waals surface area contributed by atoms with E-state index in [0.29, 0.717) is 10.8 Å². The van der Waals surface area contributed by atoms with Crippen molar-refractivity contribution in [3.63, 3.8) is 0 Å². The maximum atomic E-state index is 12.5. The van der Waals surface area contributed by atoms with Gasteiger partial charge in [0.05, 0.1) is 31.2 Å². The SMILES string of the molecule is COc1ccc([C@@H]2C[C@@H](c3ccc(OC)cc3)n3nc(NC(=O)c4cccs4)nc3N2)cc1. The van der Waals surface area contributed by atoms with E-state index in [0.717, 1.165) is 29.0 Å². The van der Waals surface area contributed by atoms with Gasteiger partial charge in [-0.2, -0.15) is 4.98 Å². The van der Waals surface area contributed by atoms with Crippen LogP contribution in [0.2, 0.25) is 0 Å². The fourth-order valence-corrected chi connectivity index (χ4v) is 4.58. The van der Waals surface area contributed by atoms with Gasteiger partial charge in [0.25, 0.3) is 11.9 Å². The molecule has 0 radical (unpaired) electrons. The molecule has 0 unspecified atom stereocenters. The average Bonchev–Trinajstić information content (AvgIpc) is 3.53. The number of thiophene rings is 1. The molecule has 1 aliphatic rings. The van der Waals surface area contributed by atoms with Gasteiger partial charge in [0.2, 0.25) is 5.95 Å². The molecule has 0 saturated heterocycles. The average molecular weight is 462 g/mol. The monoisotopic (exact) mass is 461 g/mol. The molecule has 0 bridgehead atoms. The van der Waals surface area contributed by atoms with Crippen molar-refractivity contribution < 1.29 is 14.3 Å². The number of amides is 1. The third-order valence-corrected chi connectivity index (χ3v) is 6.55. The second kappa shape index (κ2) is 8.95. The lowest BCUT2D eigenvalue weighted by atomic mass is 9.93. The number of carbonyl (C=O) groups excluding carboxylic acids is 1. The number of rotatable bonds is 6. The summed E-state index contributed by atoms with van der Waals surface area (Å²) in [4.78, 5) is 17.7. The van der Waals surface area contributed by atoms with E-state index < -0.39 is 0 Å². The van der Waals surface area contributed by atoms with E-state index in [-0.39, 0.29) is 23.9 Å². The zero-order valence-electron chi connectivity index (χ0n) is 18.2. The van der Waals surface area contributed by atoms with Crippen molar-refractivity contribution in [1.29, 1.82) is 0 Å². The molecule has 1 amide bonds. The number of fused-ring (bicyclic) bond motifs is 1. The highest BCUT2D eigenvalue weighted by Gasteiger charge is 2.31. The van der Waals surface area contributed by atoms with E-state index in [2.05, 4.69) is 20.7 Å².